The topological polar surface area (TPSA) is 69.6 Å². The van der Waals surface area contributed by atoms with Crippen LogP contribution in [-0.2, 0) is 11.3 Å². The fraction of sp³-hybridized carbons (Fsp3) is 0.385. The van der Waals surface area contributed by atoms with Crippen molar-refractivity contribution in [3.05, 3.63) is 21.9 Å². The van der Waals surface area contributed by atoms with Gasteiger partial charge in [0.25, 0.3) is 5.24 Å². The van der Waals surface area contributed by atoms with Gasteiger partial charge in [-0.1, -0.05) is 23.6 Å². The number of carbonyl (C=O) groups excluding carboxylic acids is 2. The second kappa shape index (κ2) is 6.79. The first-order chi connectivity index (χ1) is 9.60. The van der Waals surface area contributed by atoms with Gasteiger partial charge in [0.05, 0.1) is 6.54 Å². The van der Waals surface area contributed by atoms with Crippen LogP contribution in [0.5, 0.6) is 0 Å². The second-order valence-corrected chi connectivity index (χ2v) is 6.24. The molecule has 1 aliphatic heterocycles. The number of thioether (sulfide) groups is 1. The van der Waals surface area contributed by atoms with E-state index >= 15 is 0 Å². The van der Waals surface area contributed by atoms with Gasteiger partial charge in [0, 0.05) is 28.6 Å². The third kappa shape index (κ3) is 3.76. The van der Waals surface area contributed by atoms with Crippen molar-refractivity contribution < 1.29 is 14.7 Å². The summed E-state index contributed by atoms with van der Waals surface area (Å²) in [5, 5.41) is 13.0. The van der Waals surface area contributed by atoms with Gasteiger partial charge in [-0.15, -0.1) is 11.3 Å². The summed E-state index contributed by atoms with van der Waals surface area (Å²) >= 11 is 2.65. The van der Waals surface area contributed by atoms with Crippen molar-refractivity contribution >= 4 is 34.2 Å². The SMILES string of the molecule is CN(Cc1cc(C#CCO)cs1)C(=O)C1CSC(=O)N1. The highest BCUT2D eigenvalue weighted by Crippen LogP contribution is 2.18. The van der Waals surface area contributed by atoms with Crippen molar-refractivity contribution in [2.75, 3.05) is 19.4 Å². The molecular formula is C13H14N2O3S2. The zero-order valence-corrected chi connectivity index (χ0v) is 12.5. The fourth-order valence-corrected chi connectivity index (χ4v) is 3.40. The first kappa shape index (κ1) is 14.9. The zero-order chi connectivity index (χ0) is 14.5. The number of rotatable bonds is 3. The minimum Gasteiger partial charge on any atom is -0.384 e. The number of thiophene rings is 1. The maximum absolute atomic E-state index is 12.1. The number of amides is 2. The van der Waals surface area contributed by atoms with Crippen LogP contribution >= 0.6 is 23.1 Å². The summed E-state index contributed by atoms with van der Waals surface area (Å²) in [5.74, 6) is 5.81. The van der Waals surface area contributed by atoms with E-state index in [2.05, 4.69) is 17.2 Å². The molecule has 20 heavy (non-hydrogen) atoms. The molecule has 5 nitrogen and oxygen atoms in total. The van der Waals surface area contributed by atoms with Crippen LogP contribution in [0.15, 0.2) is 11.4 Å². The van der Waals surface area contributed by atoms with Crippen molar-refractivity contribution in [1.82, 2.24) is 10.2 Å². The highest BCUT2D eigenvalue weighted by molar-refractivity contribution is 8.14. The summed E-state index contributed by atoms with van der Waals surface area (Å²) in [6.07, 6.45) is 0. The number of likely N-dealkylation sites (N-methyl/N-ethyl adjacent to an activating group) is 1. The van der Waals surface area contributed by atoms with E-state index in [1.54, 1.807) is 11.9 Å². The van der Waals surface area contributed by atoms with Crippen molar-refractivity contribution in [2.24, 2.45) is 0 Å². The predicted octanol–water partition coefficient (Wildman–Crippen LogP) is 0.875. The van der Waals surface area contributed by atoms with Crippen molar-refractivity contribution in [1.29, 1.82) is 0 Å². The number of aliphatic hydroxyl groups excluding tert-OH is 1. The van der Waals surface area contributed by atoms with E-state index in [4.69, 9.17) is 5.11 Å². The fourth-order valence-electron chi connectivity index (χ4n) is 1.77. The molecule has 106 valence electrons. The van der Waals surface area contributed by atoms with Gasteiger partial charge in [-0.2, -0.15) is 0 Å². The molecule has 1 aromatic rings. The molecule has 2 heterocycles. The van der Waals surface area contributed by atoms with Crippen LogP contribution in [0, 0.1) is 11.8 Å². The molecule has 1 aliphatic rings. The Morgan fingerprint density at radius 2 is 2.45 bits per heavy atom. The Bertz CT molecular complexity index is 574. The monoisotopic (exact) mass is 310 g/mol. The molecule has 1 saturated heterocycles. The summed E-state index contributed by atoms with van der Waals surface area (Å²) in [4.78, 5) is 25.8. The van der Waals surface area contributed by atoms with E-state index in [0.29, 0.717) is 12.3 Å². The van der Waals surface area contributed by atoms with Gasteiger partial charge in [0.1, 0.15) is 12.6 Å². The Kier molecular flexibility index (Phi) is 5.06. The van der Waals surface area contributed by atoms with Gasteiger partial charge in [0.2, 0.25) is 5.91 Å². The average Bonchev–Trinajstić information content (AvgIpc) is 3.04. The lowest BCUT2D eigenvalue weighted by Crippen LogP contribution is -2.43. The lowest BCUT2D eigenvalue weighted by atomic mass is 10.2. The molecule has 7 heteroatoms. The van der Waals surface area contributed by atoms with E-state index in [1.165, 1.54) is 11.3 Å². The Balaban J connectivity index is 1.93. The number of hydrogen-bond acceptors (Lipinski definition) is 5. The zero-order valence-electron chi connectivity index (χ0n) is 10.9. The Hall–Kier alpha value is -1.49. The molecule has 2 rings (SSSR count). The van der Waals surface area contributed by atoms with Crippen molar-refractivity contribution in [3.63, 3.8) is 0 Å². The Labute approximate surface area is 125 Å². The van der Waals surface area contributed by atoms with Crippen LogP contribution in [0.25, 0.3) is 0 Å². The molecule has 0 bridgehead atoms. The van der Waals surface area contributed by atoms with Crippen LogP contribution in [0.2, 0.25) is 0 Å². The van der Waals surface area contributed by atoms with Gasteiger partial charge in [-0.3, -0.25) is 9.59 Å². The summed E-state index contributed by atoms with van der Waals surface area (Å²) in [5.41, 5.74) is 0.838. The molecule has 1 atom stereocenters. The third-order valence-electron chi connectivity index (χ3n) is 2.71. The molecule has 0 aliphatic carbocycles. The Morgan fingerprint density at radius 3 is 3.10 bits per heavy atom. The standard InChI is InChI=1S/C13H14N2O3S2/c1-15(12(17)11-8-20-13(18)14-11)6-10-5-9(7-19-10)3-2-4-16/h5,7,11,16H,4,6,8H2,1H3,(H,14,18). The maximum Gasteiger partial charge on any atom is 0.279 e. The number of aliphatic hydroxyl groups is 1. The Morgan fingerprint density at radius 1 is 1.65 bits per heavy atom. The van der Waals surface area contributed by atoms with Gasteiger partial charge in [-0.25, -0.2) is 0 Å². The molecule has 1 aromatic heterocycles. The third-order valence-corrected chi connectivity index (χ3v) is 4.51. The smallest absolute Gasteiger partial charge is 0.279 e. The molecule has 2 amide bonds. The van der Waals surface area contributed by atoms with Crippen LogP contribution in [-0.4, -0.2) is 46.6 Å². The van der Waals surface area contributed by atoms with Crippen molar-refractivity contribution in [3.8, 4) is 11.8 Å². The molecule has 1 unspecified atom stereocenters. The van der Waals surface area contributed by atoms with E-state index in [-0.39, 0.29) is 17.8 Å². The molecule has 0 radical (unpaired) electrons. The molecule has 2 N–H and O–H groups in total. The number of carbonyl (C=O) groups is 2. The lowest BCUT2D eigenvalue weighted by molar-refractivity contribution is -0.131. The number of hydrogen-bond donors (Lipinski definition) is 2. The normalized spacial score (nSPS) is 17.3. The number of nitrogens with zero attached hydrogens (tertiary/aromatic N) is 1. The van der Waals surface area contributed by atoms with Gasteiger partial charge < -0.3 is 15.3 Å². The summed E-state index contributed by atoms with van der Waals surface area (Å²) in [7, 11) is 1.72. The van der Waals surface area contributed by atoms with Crippen LogP contribution in [0.3, 0.4) is 0 Å². The molecular weight excluding hydrogens is 296 g/mol. The quantitative estimate of drug-likeness (QED) is 0.813. The first-order valence-electron chi connectivity index (χ1n) is 5.95. The van der Waals surface area contributed by atoms with Crippen LogP contribution in [0.4, 0.5) is 4.79 Å². The van der Waals surface area contributed by atoms with E-state index in [9.17, 15) is 9.59 Å². The highest BCUT2D eigenvalue weighted by Gasteiger charge is 2.30. The molecule has 0 aromatic carbocycles. The minimum atomic E-state index is -0.425. The van der Waals surface area contributed by atoms with Crippen LogP contribution in [0.1, 0.15) is 10.4 Å². The van der Waals surface area contributed by atoms with Crippen LogP contribution < -0.4 is 5.32 Å². The summed E-state index contributed by atoms with van der Waals surface area (Å²) in [6.45, 7) is 0.323. The van der Waals surface area contributed by atoms with Gasteiger partial charge in [0.15, 0.2) is 0 Å². The average molecular weight is 310 g/mol. The lowest BCUT2D eigenvalue weighted by Gasteiger charge is -2.19. The second-order valence-electron chi connectivity index (χ2n) is 4.25. The highest BCUT2D eigenvalue weighted by atomic mass is 32.2. The minimum absolute atomic E-state index is 0.0836. The summed E-state index contributed by atoms with van der Waals surface area (Å²) < 4.78 is 0. The van der Waals surface area contributed by atoms with E-state index in [1.807, 2.05) is 11.4 Å². The first-order valence-corrected chi connectivity index (χ1v) is 7.82. The van der Waals surface area contributed by atoms with Crippen molar-refractivity contribution in [2.45, 2.75) is 12.6 Å². The molecule has 0 saturated carbocycles. The van der Waals surface area contributed by atoms with E-state index in [0.717, 1.165) is 22.2 Å². The maximum atomic E-state index is 12.1. The summed E-state index contributed by atoms with van der Waals surface area (Å²) in [6, 6.07) is 1.48. The van der Waals surface area contributed by atoms with Gasteiger partial charge >= 0.3 is 0 Å². The predicted molar refractivity (Wildman–Crippen MR) is 79.5 cm³/mol. The van der Waals surface area contributed by atoms with Gasteiger partial charge in [-0.05, 0) is 6.07 Å². The van der Waals surface area contributed by atoms with E-state index < -0.39 is 6.04 Å². The molecule has 1 fully saturated rings. The largest absolute Gasteiger partial charge is 0.384 e. The molecule has 0 spiro atoms. The number of nitrogens with one attached hydrogen (secondary N) is 1.